The first-order chi connectivity index (χ1) is 12.9. The van der Waals surface area contributed by atoms with Crippen LogP contribution in [0.15, 0.2) is 28.8 Å². The first kappa shape index (κ1) is 20.1. The van der Waals surface area contributed by atoms with E-state index in [1.165, 1.54) is 12.1 Å². The van der Waals surface area contributed by atoms with Crippen molar-refractivity contribution in [2.45, 2.75) is 57.5 Å². The zero-order valence-electron chi connectivity index (χ0n) is 15.8. The van der Waals surface area contributed by atoms with Crippen LogP contribution in [0, 0.1) is 0 Å². The fourth-order valence-electron chi connectivity index (χ4n) is 3.27. The molecule has 2 aromatic rings. The average Bonchev–Trinajstić information content (AvgIpc) is 3.10. The number of hydrogen-bond donors (Lipinski definition) is 2. The Morgan fingerprint density at radius 2 is 1.82 bits per heavy atom. The van der Waals surface area contributed by atoms with Crippen LogP contribution in [-0.2, 0) is 10.9 Å². The second-order valence-corrected chi connectivity index (χ2v) is 7.82. The van der Waals surface area contributed by atoms with Gasteiger partial charge in [0.25, 0.3) is 0 Å². The molecule has 2 heterocycles. The van der Waals surface area contributed by atoms with Crippen molar-refractivity contribution in [3.63, 3.8) is 0 Å². The normalized spacial score (nSPS) is 20.8. The number of aromatic nitrogens is 2. The van der Waals surface area contributed by atoms with Crippen LogP contribution < -0.4 is 10.6 Å². The van der Waals surface area contributed by atoms with Gasteiger partial charge in [0.05, 0.1) is 17.2 Å². The first-order valence-corrected chi connectivity index (χ1v) is 8.65. The highest BCUT2D eigenvalue weighted by Gasteiger charge is 2.46. The fourth-order valence-corrected chi connectivity index (χ4v) is 3.27. The van der Waals surface area contributed by atoms with E-state index in [0.717, 1.165) is 0 Å². The zero-order chi connectivity index (χ0) is 20.7. The first-order valence-electron chi connectivity index (χ1n) is 8.65. The Labute approximate surface area is 159 Å². The topological polar surface area (TPSA) is 89.3 Å². The average molecular weight is 398 g/mol. The molecule has 0 spiro atoms. The Morgan fingerprint density at radius 3 is 2.32 bits per heavy atom. The van der Waals surface area contributed by atoms with Crippen molar-refractivity contribution in [2.75, 3.05) is 5.32 Å². The van der Waals surface area contributed by atoms with Crippen LogP contribution in [0.3, 0.4) is 0 Å². The number of anilines is 1. The van der Waals surface area contributed by atoms with Crippen LogP contribution in [0.1, 0.15) is 40.0 Å². The minimum atomic E-state index is -4.70. The van der Waals surface area contributed by atoms with Gasteiger partial charge in [-0.05, 0) is 58.4 Å². The molecular weight excluding hydrogens is 377 g/mol. The van der Waals surface area contributed by atoms with Gasteiger partial charge in [-0.25, -0.2) is 4.79 Å². The SMILES string of the molecule is CC1(C)CC(NC(=O)Nc2ccc(-c3noc(C(F)(F)F)n3)cc2)C(C)(C)O1. The third-order valence-electron chi connectivity index (χ3n) is 4.45. The fraction of sp³-hybridized carbons (Fsp3) is 0.500. The van der Waals surface area contributed by atoms with E-state index in [9.17, 15) is 18.0 Å². The van der Waals surface area contributed by atoms with Crippen LogP contribution in [-0.4, -0.2) is 33.4 Å². The highest BCUT2D eigenvalue weighted by Crippen LogP contribution is 2.37. The molecule has 1 aliphatic heterocycles. The van der Waals surface area contributed by atoms with E-state index in [1.807, 2.05) is 27.7 Å². The van der Waals surface area contributed by atoms with Gasteiger partial charge >= 0.3 is 18.1 Å². The summed E-state index contributed by atoms with van der Waals surface area (Å²) < 4.78 is 47.8. The van der Waals surface area contributed by atoms with E-state index in [0.29, 0.717) is 17.7 Å². The summed E-state index contributed by atoms with van der Waals surface area (Å²) in [6, 6.07) is 5.50. The van der Waals surface area contributed by atoms with E-state index in [2.05, 4.69) is 25.3 Å². The van der Waals surface area contributed by atoms with Crippen molar-refractivity contribution in [1.82, 2.24) is 15.5 Å². The maximum Gasteiger partial charge on any atom is 0.471 e. The molecule has 1 aromatic carbocycles. The number of rotatable bonds is 3. The molecule has 7 nitrogen and oxygen atoms in total. The van der Waals surface area contributed by atoms with E-state index in [-0.39, 0.29) is 17.5 Å². The summed E-state index contributed by atoms with van der Waals surface area (Å²) in [7, 11) is 0. The molecule has 1 fully saturated rings. The molecule has 0 aliphatic carbocycles. The van der Waals surface area contributed by atoms with E-state index in [1.54, 1.807) is 12.1 Å². The molecule has 10 heteroatoms. The number of hydrogen-bond acceptors (Lipinski definition) is 5. The maximum absolute atomic E-state index is 12.5. The summed E-state index contributed by atoms with van der Waals surface area (Å²) in [5, 5.41) is 8.91. The second kappa shape index (κ2) is 6.77. The largest absolute Gasteiger partial charge is 0.471 e. The third-order valence-corrected chi connectivity index (χ3v) is 4.45. The van der Waals surface area contributed by atoms with Gasteiger partial charge in [0.15, 0.2) is 0 Å². The molecule has 1 saturated heterocycles. The molecule has 3 rings (SSSR count). The maximum atomic E-state index is 12.5. The Kier molecular flexibility index (Phi) is 4.86. The molecule has 1 atom stereocenters. The highest BCUT2D eigenvalue weighted by atomic mass is 19.4. The molecule has 2 amide bonds. The smallest absolute Gasteiger partial charge is 0.367 e. The predicted octanol–water partition coefficient (Wildman–Crippen LogP) is 4.22. The molecule has 1 aromatic heterocycles. The lowest BCUT2D eigenvalue weighted by Gasteiger charge is -2.27. The minimum absolute atomic E-state index is 0.165. The molecule has 1 aliphatic rings. The monoisotopic (exact) mass is 398 g/mol. The Morgan fingerprint density at radius 1 is 1.18 bits per heavy atom. The van der Waals surface area contributed by atoms with Crippen LogP contribution in [0.2, 0.25) is 0 Å². The number of alkyl halides is 3. The molecule has 0 saturated carbocycles. The van der Waals surface area contributed by atoms with Crippen molar-refractivity contribution in [1.29, 1.82) is 0 Å². The number of halogens is 3. The molecule has 2 N–H and O–H groups in total. The Hall–Kier alpha value is -2.62. The molecule has 0 radical (unpaired) electrons. The van der Waals surface area contributed by atoms with E-state index in [4.69, 9.17) is 4.74 Å². The summed E-state index contributed by atoms with van der Waals surface area (Å²) in [6.07, 6.45) is -4.02. The lowest BCUT2D eigenvalue weighted by atomic mass is 9.95. The van der Waals surface area contributed by atoms with Gasteiger partial charge in [0.1, 0.15) is 0 Å². The van der Waals surface area contributed by atoms with E-state index < -0.39 is 23.7 Å². The third kappa shape index (κ3) is 4.44. The molecule has 0 bridgehead atoms. The summed E-state index contributed by atoms with van der Waals surface area (Å²) >= 11 is 0. The van der Waals surface area contributed by atoms with Gasteiger partial charge in [0.2, 0.25) is 5.82 Å². The van der Waals surface area contributed by atoms with Crippen LogP contribution in [0.5, 0.6) is 0 Å². The standard InChI is InChI=1S/C18H21F3N4O3/c1-16(2)9-12(17(3,4)28-16)23-15(26)22-11-7-5-10(6-8-11)13-24-14(27-25-13)18(19,20)21/h5-8,12H,9H2,1-4H3,(H2,22,23,26). The van der Waals surface area contributed by atoms with Gasteiger partial charge in [-0.1, -0.05) is 5.16 Å². The van der Waals surface area contributed by atoms with Gasteiger partial charge in [0, 0.05) is 11.3 Å². The lowest BCUT2D eigenvalue weighted by Crippen LogP contribution is -2.47. The number of benzene rings is 1. The van der Waals surface area contributed by atoms with E-state index >= 15 is 0 Å². The summed E-state index contributed by atoms with van der Waals surface area (Å²) in [6.45, 7) is 7.77. The molecule has 152 valence electrons. The Bertz CT molecular complexity index is 860. The second-order valence-electron chi connectivity index (χ2n) is 7.82. The molecule has 1 unspecified atom stereocenters. The minimum Gasteiger partial charge on any atom is -0.367 e. The van der Waals surface area contributed by atoms with Crippen LogP contribution in [0.4, 0.5) is 23.7 Å². The quantitative estimate of drug-likeness (QED) is 0.808. The van der Waals surface area contributed by atoms with Crippen LogP contribution >= 0.6 is 0 Å². The van der Waals surface area contributed by atoms with Crippen molar-refractivity contribution in [3.05, 3.63) is 30.2 Å². The number of carbonyl (C=O) groups is 1. The number of nitrogens with zero attached hydrogens (tertiary/aromatic N) is 2. The van der Waals surface area contributed by atoms with Crippen LogP contribution in [0.25, 0.3) is 11.4 Å². The molecule has 28 heavy (non-hydrogen) atoms. The van der Waals surface area contributed by atoms with Gasteiger partial charge in [-0.15, -0.1) is 0 Å². The van der Waals surface area contributed by atoms with Gasteiger partial charge in [-0.3, -0.25) is 0 Å². The number of carbonyl (C=O) groups excluding carboxylic acids is 1. The predicted molar refractivity (Wildman–Crippen MR) is 94.5 cm³/mol. The van der Waals surface area contributed by atoms with Gasteiger partial charge in [-0.2, -0.15) is 18.2 Å². The summed E-state index contributed by atoms with van der Waals surface area (Å²) in [5.41, 5.74) is -0.0308. The molecular formula is C18H21F3N4O3. The summed E-state index contributed by atoms with van der Waals surface area (Å²) in [4.78, 5) is 15.6. The van der Waals surface area contributed by atoms with Gasteiger partial charge < -0.3 is 19.9 Å². The Balaban J connectivity index is 1.63. The highest BCUT2D eigenvalue weighted by molar-refractivity contribution is 5.89. The van der Waals surface area contributed by atoms with Crippen molar-refractivity contribution in [2.24, 2.45) is 0 Å². The number of nitrogens with one attached hydrogen (secondary N) is 2. The number of urea groups is 1. The zero-order valence-corrected chi connectivity index (χ0v) is 15.8. The number of amides is 2. The van der Waals surface area contributed by atoms with Crippen molar-refractivity contribution in [3.8, 4) is 11.4 Å². The summed E-state index contributed by atoms with van der Waals surface area (Å²) in [5.74, 6) is -1.59. The lowest BCUT2D eigenvalue weighted by molar-refractivity contribution is -0.159. The van der Waals surface area contributed by atoms with Crippen molar-refractivity contribution < 1.29 is 27.2 Å². The number of ether oxygens (including phenoxy) is 1. The van der Waals surface area contributed by atoms with Crippen molar-refractivity contribution >= 4 is 11.7 Å².